The molecule has 10 nitrogen and oxygen atoms in total. The monoisotopic (exact) mass is 544 g/mol. The molecule has 1 saturated carbocycles. The molecular weight excluding hydrogens is 504 g/mol. The van der Waals surface area contributed by atoms with Crippen molar-refractivity contribution in [3.8, 4) is 11.5 Å². The highest BCUT2D eigenvalue weighted by atomic mass is 16.5. The third-order valence-electron chi connectivity index (χ3n) is 8.54. The van der Waals surface area contributed by atoms with Crippen molar-refractivity contribution in [3.05, 3.63) is 34.9 Å². The van der Waals surface area contributed by atoms with Crippen LogP contribution >= 0.6 is 0 Å². The largest absolute Gasteiger partial charge is 0.493 e. The van der Waals surface area contributed by atoms with Crippen LogP contribution in [0.3, 0.4) is 0 Å². The van der Waals surface area contributed by atoms with E-state index in [1.807, 2.05) is 0 Å². The molecule has 2 heterocycles. The van der Waals surface area contributed by atoms with E-state index in [9.17, 15) is 24.9 Å². The number of carbonyl (C=O) groups excluding carboxylic acids is 2. The summed E-state index contributed by atoms with van der Waals surface area (Å²) in [4.78, 5) is 28.9. The Morgan fingerprint density at radius 1 is 1.15 bits per heavy atom. The maximum absolute atomic E-state index is 13.8. The van der Waals surface area contributed by atoms with Crippen LogP contribution < -0.4 is 14.8 Å². The van der Waals surface area contributed by atoms with Gasteiger partial charge in [0.25, 0.3) is 0 Å². The number of benzene rings is 1. The van der Waals surface area contributed by atoms with Crippen molar-refractivity contribution >= 4 is 11.8 Å². The zero-order chi connectivity index (χ0) is 27.5. The van der Waals surface area contributed by atoms with Gasteiger partial charge in [-0.3, -0.25) is 9.59 Å². The molecule has 4 N–H and O–H groups in total. The molecule has 2 aliphatic carbocycles. The molecule has 0 bridgehead atoms. The lowest BCUT2D eigenvalue weighted by atomic mass is 9.77. The summed E-state index contributed by atoms with van der Waals surface area (Å²) in [6, 6.07) is 2.64. The first-order chi connectivity index (χ1) is 18.9. The van der Waals surface area contributed by atoms with Gasteiger partial charge in [-0.05, 0) is 55.4 Å². The van der Waals surface area contributed by atoms with Gasteiger partial charge in [0.05, 0.1) is 38.4 Å². The van der Waals surface area contributed by atoms with Crippen LogP contribution in [-0.2, 0) is 20.9 Å². The molecule has 0 aromatic heterocycles. The fraction of sp³-hybridized carbons (Fsp3) is 0.655. The average molecular weight is 545 g/mol. The van der Waals surface area contributed by atoms with Crippen LogP contribution in [0.4, 0.5) is 0 Å². The van der Waals surface area contributed by atoms with E-state index < -0.39 is 30.1 Å². The smallest absolute Gasteiger partial charge is 0.247 e. The second-order valence-electron chi connectivity index (χ2n) is 11.1. The number of methoxy groups -OCH3 is 1. The van der Waals surface area contributed by atoms with Gasteiger partial charge in [0.1, 0.15) is 12.2 Å². The highest BCUT2D eigenvalue weighted by molar-refractivity contribution is 5.96. The highest BCUT2D eigenvalue weighted by Gasteiger charge is 2.51. The van der Waals surface area contributed by atoms with Crippen molar-refractivity contribution in [3.63, 3.8) is 0 Å². The second-order valence-corrected chi connectivity index (χ2v) is 11.1. The van der Waals surface area contributed by atoms with Gasteiger partial charge >= 0.3 is 0 Å². The molecule has 0 spiro atoms. The Bertz CT molecular complexity index is 1080. The molecule has 0 radical (unpaired) electrons. The van der Waals surface area contributed by atoms with Gasteiger partial charge in [-0.1, -0.05) is 12.8 Å². The number of nitrogens with one attached hydrogen (secondary N) is 1. The molecule has 1 aromatic rings. The molecular formula is C29H40N2O8. The molecule has 2 fully saturated rings. The van der Waals surface area contributed by atoms with E-state index in [-0.39, 0.29) is 31.8 Å². The number of carbonyl (C=O) groups is 2. The first-order valence-electron chi connectivity index (χ1n) is 14.1. The van der Waals surface area contributed by atoms with Crippen molar-refractivity contribution < 1.29 is 39.1 Å². The number of nitrogens with zero attached hydrogens (tertiary/aromatic N) is 1. The minimum absolute atomic E-state index is 0.0538. The van der Waals surface area contributed by atoms with Crippen molar-refractivity contribution in [2.75, 3.05) is 33.4 Å². The molecule has 10 heteroatoms. The summed E-state index contributed by atoms with van der Waals surface area (Å²) >= 11 is 0. The average Bonchev–Trinajstić information content (AvgIpc) is 3.72. The minimum atomic E-state index is -1.12. The zero-order valence-corrected chi connectivity index (χ0v) is 22.5. The summed E-state index contributed by atoms with van der Waals surface area (Å²) in [5.74, 6) is 0.0387. The number of amides is 2. The molecule has 5 rings (SSSR count). The van der Waals surface area contributed by atoms with Crippen LogP contribution in [0.5, 0.6) is 11.5 Å². The Hall–Kier alpha value is -2.66. The van der Waals surface area contributed by atoms with Crippen molar-refractivity contribution in [2.45, 2.75) is 81.8 Å². The van der Waals surface area contributed by atoms with E-state index in [1.54, 1.807) is 23.1 Å². The van der Waals surface area contributed by atoms with E-state index >= 15 is 0 Å². The Morgan fingerprint density at radius 2 is 1.95 bits per heavy atom. The Kier molecular flexibility index (Phi) is 8.76. The first kappa shape index (κ1) is 27.9. The second kappa shape index (κ2) is 12.2. The molecule has 2 aliphatic heterocycles. The lowest BCUT2D eigenvalue weighted by Crippen LogP contribution is -2.57. The van der Waals surface area contributed by atoms with Crippen LogP contribution in [0.25, 0.3) is 0 Å². The van der Waals surface area contributed by atoms with E-state index in [1.165, 1.54) is 7.11 Å². The maximum atomic E-state index is 13.8. The normalized spacial score (nSPS) is 27.9. The number of rotatable bonds is 10. The number of fused-ring (bicyclic) bond motifs is 3. The number of hydrogen-bond donors (Lipinski definition) is 4. The van der Waals surface area contributed by atoms with E-state index in [0.29, 0.717) is 53.7 Å². The van der Waals surface area contributed by atoms with Crippen molar-refractivity contribution in [1.82, 2.24) is 10.2 Å². The fourth-order valence-corrected chi connectivity index (χ4v) is 6.60. The number of ether oxygens (including phenoxy) is 3. The summed E-state index contributed by atoms with van der Waals surface area (Å²) in [5.41, 5.74) is 1.58. The predicted octanol–water partition coefficient (Wildman–Crippen LogP) is 1.40. The predicted molar refractivity (Wildman–Crippen MR) is 141 cm³/mol. The SMILES string of the molecule is COc1cc(CO)cc2c1O[C@@H]1[C@@H](O)[C@H](N(C[C@H]3CCCO3)C(=O)CC3CCCC3)C=C(C(=O)NCCO)[C@H]21. The Balaban J connectivity index is 1.53. The topological polar surface area (TPSA) is 138 Å². The van der Waals surface area contributed by atoms with Crippen LogP contribution in [0.15, 0.2) is 23.8 Å². The number of hydrogen-bond acceptors (Lipinski definition) is 8. The molecule has 1 saturated heterocycles. The van der Waals surface area contributed by atoms with Gasteiger partial charge in [-0.2, -0.15) is 0 Å². The van der Waals surface area contributed by atoms with Crippen LogP contribution in [0.2, 0.25) is 0 Å². The molecule has 0 unspecified atom stereocenters. The maximum Gasteiger partial charge on any atom is 0.247 e. The van der Waals surface area contributed by atoms with Crippen LogP contribution in [-0.4, -0.2) is 89.8 Å². The highest BCUT2D eigenvalue weighted by Crippen LogP contribution is 2.51. The molecule has 2 amide bonds. The quantitative estimate of drug-likeness (QED) is 0.347. The van der Waals surface area contributed by atoms with Crippen molar-refractivity contribution in [2.24, 2.45) is 5.92 Å². The molecule has 1 aromatic carbocycles. The zero-order valence-electron chi connectivity index (χ0n) is 22.5. The van der Waals surface area contributed by atoms with Gasteiger partial charge in [0, 0.05) is 37.3 Å². The van der Waals surface area contributed by atoms with Crippen LogP contribution in [0.1, 0.15) is 62.0 Å². The van der Waals surface area contributed by atoms with E-state index in [2.05, 4.69) is 5.32 Å². The standard InChI is InChI=1S/C29H40N2O8/c1-37-23-12-18(16-33)11-20-25-21(29(36)30-8-9-32)14-22(26(35)28(25)39-27(20)23)31(15-19-7-4-10-38-19)24(34)13-17-5-2-3-6-17/h11-12,14,17,19,22,25-26,28,32-33,35H,2-10,13,15-16H2,1H3,(H,30,36)/t19-,22-,25+,26+,28+/m1/s1. The summed E-state index contributed by atoms with van der Waals surface area (Å²) in [6.45, 7) is 0.586. The summed E-state index contributed by atoms with van der Waals surface area (Å²) in [5, 5.41) is 33.7. The van der Waals surface area contributed by atoms with Crippen LogP contribution in [0, 0.1) is 5.92 Å². The summed E-state index contributed by atoms with van der Waals surface area (Å²) in [6.07, 6.45) is 6.04. The van der Waals surface area contributed by atoms with Gasteiger partial charge in [0.2, 0.25) is 11.8 Å². The van der Waals surface area contributed by atoms with E-state index in [4.69, 9.17) is 14.2 Å². The molecule has 214 valence electrons. The third kappa shape index (κ3) is 5.66. The molecule has 4 aliphatic rings. The lowest BCUT2D eigenvalue weighted by Gasteiger charge is -2.41. The summed E-state index contributed by atoms with van der Waals surface area (Å²) < 4.78 is 17.7. The van der Waals surface area contributed by atoms with Gasteiger partial charge in [-0.25, -0.2) is 0 Å². The first-order valence-corrected chi connectivity index (χ1v) is 14.1. The van der Waals surface area contributed by atoms with Gasteiger partial charge in [0.15, 0.2) is 11.5 Å². The Morgan fingerprint density at radius 3 is 2.62 bits per heavy atom. The number of aliphatic hydroxyl groups is 3. The minimum Gasteiger partial charge on any atom is -0.493 e. The van der Waals surface area contributed by atoms with E-state index in [0.717, 1.165) is 38.5 Å². The summed E-state index contributed by atoms with van der Waals surface area (Å²) in [7, 11) is 1.50. The molecule has 5 atom stereocenters. The fourth-order valence-electron chi connectivity index (χ4n) is 6.60. The van der Waals surface area contributed by atoms with Crippen molar-refractivity contribution in [1.29, 1.82) is 0 Å². The Labute approximate surface area is 228 Å². The number of aliphatic hydroxyl groups excluding tert-OH is 3. The third-order valence-corrected chi connectivity index (χ3v) is 8.54. The lowest BCUT2D eigenvalue weighted by molar-refractivity contribution is -0.140. The molecule has 39 heavy (non-hydrogen) atoms. The van der Waals surface area contributed by atoms with Gasteiger partial charge in [-0.15, -0.1) is 0 Å². The van der Waals surface area contributed by atoms with Gasteiger partial charge < -0.3 is 39.7 Å².